The molecule has 1 aromatic carbocycles. The van der Waals surface area contributed by atoms with Crippen molar-refractivity contribution in [1.29, 1.82) is 0 Å². The summed E-state index contributed by atoms with van der Waals surface area (Å²) in [6, 6.07) is 8.44. The Morgan fingerprint density at radius 2 is 1.94 bits per heavy atom. The molecule has 1 unspecified atom stereocenters. The first-order valence-corrected chi connectivity index (χ1v) is 11.5. The van der Waals surface area contributed by atoms with Gasteiger partial charge in [0.05, 0.1) is 25.1 Å². The summed E-state index contributed by atoms with van der Waals surface area (Å²) in [5.41, 5.74) is 6.81. The second-order valence-electron chi connectivity index (χ2n) is 8.70. The van der Waals surface area contributed by atoms with Gasteiger partial charge in [0.25, 0.3) is 5.95 Å². The van der Waals surface area contributed by atoms with E-state index in [4.69, 9.17) is 14.7 Å². The van der Waals surface area contributed by atoms with Crippen molar-refractivity contribution in [1.82, 2.24) is 19.7 Å². The van der Waals surface area contributed by atoms with Gasteiger partial charge in [-0.15, -0.1) is 0 Å². The van der Waals surface area contributed by atoms with E-state index < -0.39 is 0 Å². The molecule has 0 radical (unpaired) electrons. The number of morpholine rings is 1. The Morgan fingerprint density at radius 3 is 2.66 bits per heavy atom. The van der Waals surface area contributed by atoms with E-state index in [1.165, 1.54) is 11.1 Å². The largest absolute Gasteiger partial charge is 0.378 e. The highest BCUT2D eigenvalue weighted by molar-refractivity contribution is 5.64. The zero-order valence-electron chi connectivity index (χ0n) is 19.8. The average Bonchev–Trinajstić information content (AvgIpc) is 3.31. The van der Waals surface area contributed by atoms with Gasteiger partial charge in [0.1, 0.15) is 5.82 Å². The Morgan fingerprint density at radius 1 is 1.16 bits per heavy atom. The number of anilines is 1. The maximum atomic E-state index is 5.56. The quantitative estimate of drug-likeness (QED) is 0.535. The first-order valence-electron chi connectivity index (χ1n) is 11.5. The number of allylic oxidation sites excluding steroid dienone is 1. The molecule has 0 saturated carbocycles. The second kappa shape index (κ2) is 9.65. The van der Waals surface area contributed by atoms with E-state index in [1.807, 2.05) is 12.4 Å². The zero-order valence-corrected chi connectivity index (χ0v) is 19.8. The molecule has 1 aliphatic rings. The van der Waals surface area contributed by atoms with E-state index >= 15 is 0 Å². The molecule has 0 amide bonds. The minimum absolute atomic E-state index is 0.511. The number of ether oxygens (including phenoxy) is 1. The molecular weight excluding hydrogens is 398 g/mol. The molecule has 2 aromatic heterocycles. The van der Waals surface area contributed by atoms with Crippen LogP contribution in [0.5, 0.6) is 0 Å². The summed E-state index contributed by atoms with van der Waals surface area (Å²) in [6.07, 6.45) is 7.21. The Labute approximate surface area is 191 Å². The van der Waals surface area contributed by atoms with E-state index in [0.717, 1.165) is 60.9 Å². The van der Waals surface area contributed by atoms with Crippen molar-refractivity contribution in [2.75, 3.05) is 31.2 Å². The van der Waals surface area contributed by atoms with E-state index in [0.29, 0.717) is 11.9 Å². The Bertz CT molecular complexity index is 1110. The third-order valence-electron chi connectivity index (χ3n) is 6.35. The SMILES string of the molecule is CCC(C)/C(C)=C\c1nc(-n2cc(-c3cccc(C)c3)cn2)nc(N2CCOCC2)c1C. The molecular formula is C26H33N5O. The molecule has 3 aromatic rings. The smallest absolute Gasteiger partial charge is 0.253 e. The van der Waals surface area contributed by atoms with Crippen molar-refractivity contribution < 1.29 is 4.74 Å². The fourth-order valence-corrected chi connectivity index (χ4v) is 3.92. The van der Waals surface area contributed by atoms with Crippen molar-refractivity contribution in [3.05, 3.63) is 59.1 Å². The molecule has 0 aliphatic carbocycles. The summed E-state index contributed by atoms with van der Waals surface area (Å²) < 4.78 is 7.35. The molecule has 0 bridgehead atoms. The molecule has 168 valence electrons. The average molecular weight is 432 g/mol. The molecule has 32 heavy (non-hydrogen) atoms. The minimum Gasteiger partial charge on any atom is -0.378 e. The van der Waals surface area contributed by atoms with Crippen LogP contribution in [0, 0.1) is 19.8 Å². The van der Waals surface area contributed by atoms with Gasteiger partial charge in [-0.25, -0.2) is 9.67 Å². The first-order chi connectivity index (χ1) is 15.5. The molecule has 1 aliphatic heterocycles. The van der Waals surface area contributed by atoms with Gasteiger partial charge in [0.2, 0.25) is 0 Å². The van der Waals surface area contributed by atoms with Gasteiger partial charge in [-0.1, -0.05) is 49.2 Å². The summed E-state index contributed by atoms with van der Waals surface area (Å²) >= 11 is 0. The van der Waals surface area contributed by atoms with Crippen LogP contribution in [0.3, 0.4) is 0 Å². The lowest BCUT2D eigenvalue weighted by Gasteiger charge is -2.29. The number of benzene rings is 1. The number of aryl methyl sites for hydroxylation is 1. The predicted molar refractivity (Wildman–Crippen MR) is 130 cm³/mol. The number of nitrogens with zero attached hydrogens (tertiary/aromatic N) is 5. The summed E-state index contributed by atoms with van der Waals surface area (Å²) in [5.74, 6) is 2.07. The molecule has 1 fully saturated rings. The van der Waals surface area contributed by atoms with Crippen LogP contribution in [0.2, 0.25) is 0 Å². The summed E-state index contributed by atoms with van der Waals surface area (Å²) in [6.45, 7) is 14.0. The van der Waals surface area contributed by atoms with Crippen LogP contribution in [0.4, 0.5) is 5.82 Å². The molecule has 3 heterocycles. The standard InChI is InChI=1S/C26H33N5O/c1-6-19(3)20(4)15-24-21(5)25(30-10-12-32-13-11-30)29-26(28-24)31-17-23(16-27-31)22-9-7-8-18(2)14-22/h7-9,14-17,19H,6,10-13H2,1-5H3/b20-15-. The lowest BCUT2D eigenvalue weighted by atomic mass is 9.98. The molecule has 0 N–H and O–H groups in total. The van der Waals surface area contributed by atoms with E-state index in [1.54, 1.807) is 4.68 Å². The van der Waals surface area contributed by atoms with Gasteiger partial charge < -0.3 is 9.64 Å². The highest BCUT2D eigenvalue weighted by Gasteiger charge is 2.20. The topological polar surface area (TPSA) is 56.1 Å². The van der Waals surface area contributed by atoms with Crippen molar-refractivity contribution in [3.63, 3.8) is 0 Å². The molecule has 6 heteroatoms. The normalized spacial score (nSPS) is 15.8. The fraction of sp³-hybridized carbons (Fsp3) is 0.423. The summed E-state index contributed by atoms with van der Waals surface area (Å²) in [4.78, 5) is 12.2. The van der Waals surface area contributed by atoms with E-state index in [2.05, 4.69) is 75.0 Å². The van der Waals surface area contributed by atoms with Crippen molar-refractivity contribution in [2.45, 2.75) is 41.0 Å². The van der Waals surface area contributed by atoms with Crippen LogP contribution in [-0.2, 0) is 4.74 Å². The second-order valence-corrected chi connectivity index (χ2v) is 8.70. The third-order valence-corrected chi connectivity index (χ3v) is 6.35. The predicted octanol–water partition coefficient (Wildman–Crippen LogP) is 5.23. The highest BCUT2D eigenvalue weighted by atomic mass is 16.5. The maximum Gasteiger partial charge on any atom is 0.253 e. The van der Waals surface area contributed by atoms with Crippen LogP contribution in [0.1, 0.15) is 44.0 Å². The fourth-order valence-electron chi connectivity index (χ4n) is 3.92. The van der Waals surface area contributed by atoms with Gasteiger partial charge >= 0.3 is 0 Å². The third kappa shape index (κ3) is 4.75. The van der Waals surface area contributed by atoms with E-state index in [-0.39, 0.29) is 0 Å². The number of hydrogen-bond donors (Lipinski definition) is 0. The first kappa shape index (κ1) is 22.2. The monoisotopic (exact) mass is 431 g/mol. The Kier molecular flexibility index (Phi) is 6.70. The van der Waals surface area contributed by atoms with E-state index in [9.17, 15) is 0 Å². The lowest BCUT2D eigenvalue weighted by Crippen LogP contribution is -2.37. The lowest BCUT2D eigenvalue weighted by molar-refractivity contribution is 0.122. The van der Waals surface area contributed by atoms with Crippen molar-refractivity contribution in [3.8, 4) is 17.1 Å². The van der Waals surface area contributed by atoms with Crippen LogP contribution < -0.4 is 4.90 Å². The Balaban J connectivity index is 1.78. The zero-order chi connectivity index (χ0) is 22.7. The summed E-state index contributed by atoms with van der Waals surface area (Å²) in [5, 5.41) is 4.61. The van der Waals surface area contributed by atoms with Gasteiger partial charge in [0, 0.05) is 30.4 Å². The molecule has 1 atom stereocenters. The minimum atomic E-state index is 0.511. The van der Waals surface area contributed by atoms with Gasteiger partial charge in [-0.2, -0.15) is 10.1 Å². The molecule has 1 saturated heterocycles. The van der Waals surface area contributed by atoms with Crippen molar-refractivity contribution >= 4 is 11.9 Å². The molecule has 6 nitrogen and oxygen atoms in total. The maximum absolute atomic E-state index is 5.56. The van der Waals surface area contributed by atoms with Crippen LogP contribution in [-0.4, -0.2) is 46.1 Å². The molecule has 4 rings (SSSR count). The van der Waals surface area contributed by atoms with Gasteiger partial charge in [-0.05, 0) is 44.7 Å². The van der Waals surface area contributed by atoms with Crippen LogP contribution in [0.25, 0.3) is 23.2 Å². The highest BCUT2D eigenvalue weighted by Crippen LogP contribution is 2.27. The summed E-state index contributed by atoms with van der Waals surface area (Å²) in [7, 11) is 0. The van der Waals surface area contributed by atoms with Gasteiger partial charge in [-0.3, -0.25) is 0 Å². The van der Waals surface area contributed by atoms with Gasteiger partial charge in [0.15, 0.2) is 0 Å². The Hall–Kier alpha value is -2.99. The van der Waals surface area contributed by atoms with Crippen LogP contribution in [0.15, 0.2) is 42.2 Å². The molecule has 0 spiro atoms. The van der Waals surface area contributed by atoms with Crippen LogP contribution >= 0.6 is 0 Å². The number of aromatic nitrogens is 4. The number of hydrogen-bond acceptors (Lipinski definition) is 5. The van der Waals surface area contributed by atoms with Crippen molar-refractivity contribution in [2.24, 2.45) is 5.92 Å². The number of rotatable bonds is 6.